The largest absolute Gasteiger partial charge is 0.328 e. The van der Waals surface area contributed by atoms with E-state index in [4.69, 9.17) is 0 Å². The zero-order valence-electron chi connectivity index (χ0n) is 7.96. The Balaban J connectivity index is 2.43. The van der Waals surface area contributed by atoms with Crippen LogP contribution in [0.5, 0.6) is 0 Å². The van der Waals surface area contributed by atoms with Crippen LogP contribution in [-0.4, -0.2) is 18.1 Å². The van der Waals surface area contributed by atoms with Crippen molar-refractivity contribution in [1.82, 2.24) is 5.32 Å². The molecule has 80 valence electrons. The first-order valence-electron chi connectivity index (χ1n) is 4.57. The van der Waals surface area contributed by atoms with E-state index in [1.807, 2.05) is 0 Å². The first-order valence-corrected chi connectivity index (χ1v) is 4.57. The Morgan fingerprint density at radius 1 is 1.33 bits per heavy atom. The van der Waals surface area contributed by atoms with Crippen LogP contribution in [0, 0.1) is 11.8 Å². The average Bonchev–Trinajstić information content (AvgIpc) is 2.42. The molecule has 2 unspecified atom stereocenters. The van der Waals surface area contributed by atoms with Crippen molar-refractivity contribution in [2.75, 3.05) is 0 Å². The van der Waals surface area contributed by atoms with Crippen molar-refractivity contribution in [2.24, 2.45) is 11.8 Å². The molecule has 0 aromatic heterocycles. The molecule has 0 bridgehead atoms. The Bertz CT molecular complexity index is 398. The zero-order chi connectivity index (χ0) is 11.2. The second-order valence-corrected chi connectivity index (χ2v) is 3.63. The third-order valence-electron chi connectivity index (χ3n) is 2.73. The second-order valence-electron chi connectivity index (χ2n) is 3.63. The van der Waals surface area contributed by atoms with Crippen molar-refractivity contribution in [2.45, 2.75) is 13.3 Å². The molecule has 1 heterocycles. The highest BCUT2D eigenvalue weighted by Crippen LogP contribution is 2.34. The predicted octanol–water partition coefficient (Wildman–Crippen LogP) is 1.03. The molecule has 1 aliphatic carbocycles. The number of allylic oxidation sites excluding steroid dienone is 3. The maximum Gasteiger partial charge on any atom is 0.254 e. The summed E-state index contributed by atoms with van der Waals surface area (Å²) in [5, 5.41) is 2.36. The molecule has 3 nitrogen and oxygen atoms in total. The van der Waals surface area contributed by atoms with E-state index in [-0.39, 0.29) is 11.6 Å². The molecule has 2 aliphatic rings. The first-order chi connectivity index (χ1) is 7.02. The van der Waals surface area contributed by atoms with E-state index >= 15 is 0 Å². The Morgan fingerprint density at radius 2 is 2.00 bits per heavy atom. The van der Waals surface area contributed by atoms with Gasteiger partial charge in [-0.2, -0.15) is 0 Å². The number of alkyl halides is 2. The number of carbonyl (C=O) groups is 2. The van der Waals surface area contributed by atoms with Crippen LogP contribution in [-0.2, 0) is 9.59 Å². The van der Waals surface area contributed by atoms with Crippen molar-refractivity contribution in [3.05, 3.63) is 23.4 Å². The van der Waals surface area contributed by atoms with E-state index < -0.39 is 24.0 Å². The fourth-order valence-corrected chi connectivity index (χ4v) is 1.85. The summed E-state index contributed by atoms with van der Waals surface area (Å²) in [6.45, 7) is 1.63. The normalized spacial score (nSPS) is 29.9. The lowest BCUT2D eigenvalue weighted by Gasteiger charge is -2.18. The third kappa shape index (κ3) is 1.38. The molecular formula is C10H9F2NO2. The number of carbonyl (C=O) groups excluding carboxylic acids is 2. The number of amides is 1. The summed E-state index contributed by atoms with van der Waals surface area (Å²) in [7, 11) is 0. The van der Waals surface area contributed by atoms with Crippen molar-refractivity contribution in [1.29, 1.82) is 0 Å². The minimum atomic E-state index is -2.78. The highest BCUT2D eigenvalue weighted by Gasteiger charge is 2.41. The number of halogens is 2. The molecule has 1 aliphatic heterocycles. The summed E-state index contributed by atoms with van der Waals surface area (Å²) in [5.74, 6) is -2.94. The monoisotopic (exact) mass is 213 g/mol. The Hall–Kier alpha value is -1.52. The summed E-state index contributed by atoms with van der Waals surface area (Å²) in [4.78, 5) is 22.5. The number of rotatable bonds is 1. The molecule has 2 rings (SSSR count). The molecule has 0 fully saturated rings. The Kier molecular flexibility index (Phi) is 2.17. The van der Waals surface area contributed by atoms with Crippen LogP contribution < -0.4 is 5.32 Å². The van der Waals surface area contributed by atoms with Gasteiger partial charge in [0, 0.05) is 5.70 Å². The number of nitrogens with one attached hydrogen (secondary N) is 1. The Morgan fingerprint density at radius 3 is 2.60 bits per heavy atom. The molecule has 0 spiro atoms. The van der Waals surface area contributed by atoms with Crippen LogP contribution in [0.3, 0.4) is 0 Å². The molecule has 15 heavy (non-hydrogen) atoms. The van der Waals surface area contributed by atoms with Gasteiger partial charge in [0.25, 0.3) is 6.43 Å². The molecular weight excluding hydrogens is 204 g/mol. The summed E-state index contributed by atoms with van der Waals surface area (Å²) < 4.78 is 25.2. The van der Waals surface area contributed by atoms with Gasteiger partial charge in [-0.3, -0.25) is 9.59 Å². The summed E-state index contributed by atoms with van der Waals surface area (Å²) >= 11 is 0. The quantitative estimate of drug-likeness (QED) is 0.707. The minimum Gasteiger partial charge on any atom is -0.328 e. The summed E-state index contributed by atoms with van der Waals surface area (Å²) in [6, 6.07) is 0. The van der Waals surface area contributed by atoms with Crippen molar-refractivity contribution in [3.8, 4) is 0 Å². The molecule has 0 aromatic carbocycles. The molecule has 0 radical (unpaired) electrons. The predicted molar refractivity (Wildman–Crippen MR) is 48.0 cm³/mol. The van der Waals surface area contributed by atoms with Crippen LogP contribution in [0.2, 0.25) is 0 Å². The van der Waals surface area contributed by atoms with Gasteiger partial charge >= 0.3 is 0 Å². The fourth-order valence-electron chi connectivity index (χ4n) is 1.85. The van der Waals surface area contributed by atoms with Gasteiger partial charge in [0.1, 0.15) is 5.92 Å². The minimum absolute atomic E-state index is 0.0787. The van der Waals surface area contributed by atoms with E-state index in [0.29, 0.717) is 5.57 Å². The van der Waals surface area contributed by atoms with Crippen LogP contribution >= 0.6 is 0 Å². The smallest absolute Gasteiger partial charge is 0.254 e. The van der Waals surface area contributed by atoms with Gasteiger partial charge in [-0.1, -0.05) is 6.08 Å². The van der Waals surface area contributed by atoms with Gasteiger partial charge in [0.15, 0.2) is 5.78 Å². The zero-order valence-corrected chi connectivity index (χ0v) is 7.96. The maximum atomic E-state index is 12.6. The summed E-state index contributed by atoms with van der Waals surface area (Å²) in [6.07, 6.45) is -0.219. The van der Waals surface area contributed by atoms with Gasteiger partial charge in [0.2, 0.25) is 5.91 Å². The third-order valence-corrected chi connectivity index (χ3v) is 2.73. The molecule has 0 aromatic rings. The molecule has 0 saturated carbocycles. The average molecular weight is 213 g/mol. The lowest BCUT2D eigenvalue weighted by molar-refractivity contribution is -0.122. The van der Waals surface area contributed by atoms with Gasteiger partial charge in [0.05, 0.1) is 5.92 Å². The van der Waals surface area contributed by atoms with Crippen molar-refractivity contribution >= 4 is 11.7 Å². The highest BCUT2D eigenvalue weighted by atomic mass is 19.3. The van der Waals surface area contributed by atoms with Crippen LogP contribution in [0.25, 0.3) is 0 Å². The maximum absolute atomic E-state index is 12.6. The Labute approximate surface area is 84.8 Å². The van der Waals surface area contributed by atoms with Gasteiger partial charge in [-0.05, 0) is 18.6 Å². The van der Waals surface area contributed by atoms with Gasteiger partial charge in [-0.25, -0.2) is 8.78 Å². The van der Waals surface area contributed by atoms with Crippen LogP contribution in [0.1, 0.15) is 6.92 Å². The fraction of sp³-hybridized carbons (Fsp3) is 0.400. The molecule has 0 saturated heterocycles. The molecule has 1 N–H and O–H groups in total. The van der Waals surface area contributed by atoms with E-state index in [9.17, 15) is 18.4 Å². The lowest BCUT2D eigenvalue weighted by atomic mass is 9.89. The van der Waals surface area contributed by atoms with E-state index in [0.717, 1.165) is 6.08 Å². The number of ketones is 1. The standard InChI is InChI=1S/C10H9F2NO2/c1-4-5-2-3-6(14)7(9(11)12)8(5)13-10(4)15/h2-4,7,9H,1H3,(H,13,15). The topological polar surface area (TPSA) is 46.2 Å². The highest BCUT2D eigenvalue weighted by molar-refractivity contribution is 6.00. The van der Waals surface area contributed by atoms with Crippen LogP contribution in [0.15, 0.2) is 23.4 Å². The van der Waals surface area contributed by atoms with Gasteiger partial charge in [-0.15, -0.1) is 0 Å². The first kappa shape index (κ1) is 10.0. The van der Waals surface area contributed by atoms with Crippen molar-refractivity contribution in [3.63, 3.8) is 0 Å². The SMILES string of the molecule is CC1C(=O)NC2=C1C=CC(=O)C2C(F)F. The summed E-state index contributed by atoms with van der Waals surface area (Å²) in [5.41, 5.74) is 0.583. The van der Waals surface area contributed by atoms with E-state index in [1.165, 1.54) is 6.08 Å². The molecule has 1 amide bonds. The second kappa shape index (κ2) is 3.25. The van der Waals surface area contributed by atoms with Crippen LogP contribution in [0.4, 0.5) is 8.78 Å². The van der Waals surface area contributed by atoms with E-state index in [1.54, 1.807) is 6.92 Å². The van der Waals surface area contributed by atoms with Gasteiger partial charge < -0.3 is 5.32 Å². The van der Waals surface area contributed by atoms with E-state index in [2.05, 4.69) is 5.32 Å². The number of hydrogen-bond donors (Lipinski definition) is 1. The lowest BCUT2D eigenvalue weighted by Crippen LogP contribution is -2.31. The molecule has 5 heteroatoms. The number of hydrogen-bond acceptors (Lipinski definition) is 2. The van der Waals surface area contributed by atoms with Crippen molar-refractivity contribution < 1.29 is 18.4 Å². The molecule has 2 atom stereocenters.